The Morgan fingerprint density at radius 1 is 1.08 bits per heavy atom. The predicted octanol–water partition coefficient (Wildman–Crippen LogP) is 4.45. The summed E-state index contributed by atoms with van der Waals surface area (Å²) in [6.07, 6.45) is 3.02. The lowest BCUT2D eigenvalue weighted by Gasteiger charge is -2.17. The van der Waals surface area contributed by atoms with Gasteiger partial charge >= 0.3 is 0 Å². The number of aromatic nitrogens is 2. The molecule has 3 aromatic rings. The van der Waals surface area contributed by atoms with E-state index in [1.807, 2.05) is 55.5 Å². The van der Waals surface area contributed by atoms with E-state index < -0.39 is 0 Å². The third-order valence-corrected chi connectivity index (χ3v) is 4.42. The molecule has 5 nitrogen and oxygen atoms in total. The van der Waals surface area contributed by atoms with E-state index in [1.54, 1.807) is 18.1 Å². The molecule has 1 amide bonds. The number of carbonyl (C=O) groups is 1. The van der Waals surface area contributed by atoms with Gasteiger partial charge in [0.15, 0.2) is 0 Å². The maximum atomic E-state index is 12.5. The van der Waals surface area contributed by atoms with Crippen molar-refractivity contribution in [2.75, 3.05) is 12.4 Å². The minimum Gasteiger partial charge on any atom is -0.339 e. The average Bonchev–Trinajstić information content (AvgIpc) is 2.66. The first-order valence-electron chi connectivity index (χ1n) is 8.18. The highest BCUT2D eigenvalue weighted by atomic mass is 35.5. The quantitative estimate of drug-likeness (QED) is 0.724. The molecule has 0 saturated carbocycles. The second-order valence-corrected chi connectivity index (χ2v) is 6.38. The van der Waals surface area contributed by atoms with Gasteiger partial charge in [0.1, 0.15) is 11.5 Å². The Kier molecular flexibility index (Phi) is 5.49. The summed E-state index contributed by atoms with van der Waals surface area (Å²) in [6, 6.07) is 15.4. The molecule has 2 aromatic carbocycles. The van der Waals surface area contributed by atoms with Crippen LogP contribution in [0.15, 0.2) is 60.9 Å². The number of anilines is 2. The van der Waals surface area contributed by atoms with Crippen LogP contribution in [0.4, 0.5) is 11.5 Å². The highest BCUT2D eigenvalue weighted by Gasteiger charge is 2.14. The van der Waals surface area contributed by atoms with E-state index in [2.05, 4.69) is 15.3 Å². The van der Waals surface area contributed by atoms with Crippen LogP contribution in [0.2, 0.25) is 5.02 Å². The Hall–Kier alpha value is -2.92. The summed E-state index contributed by atoms with van der Waals surface area (Å²) >= 11 is 6.12. The third-order valence-electron chi connectivity index (χ3n) is 4.01. The number of rotatable bonds is 5. The molecule has 0 aliphatic heterocycles. The third kappa shape index (κ3) is 4.18. The van der Waals surface area contributed by atoms with E-state index in [1.165, 1.54) is 6.20 Å². The number of hydrogen-bond acceptors (Lipinski definition) is 4. The van der Waals surface area contributed by atoms with E-state index in [-0.39, 0.29) is 5.91 Å². The summed E-state index contributed by atoms with van der Waals surface area (Å²) in [7, 11) is 1.75. The first-order valence-corrected chi connectivity index (χ1v) is 8.56. The van der Waals surface area contributed by atoms with Crippen LogP contribution in [0.1, 0.15) is 21.6 Å². The molecule has 0 spiro atoms. The van der Waals surface area contributed by atoms with Crippen molar-refractivity contribution in [2.24, 2.45) is 0 Å². The largest absolute Gasteiger partial charge is 0.339 e. The van der Waals surface area contributed by atoms with Gasteiger partial charge in [-0.3, -0.25) is 4.79 Å². The SMILES string of the molecule is Cc1c(Cl)cccc1Nc1cnc(C(=O)N(C)Cc2ccccc2)cn1. The smallest absolute Gasteiger partial charge is 0.274 e. The van der Waals surface area contributed by atoms with Gasteiger partial charge in [0, 0.05) is 24.3 Å². The first-order chi connectivity index (χ1) is 12.5. The molecule has 0 saturated heterocycles. The monoisotopic (exact) mass is 366 g/mol. The lowest BCUT2D eigenvalue weighted by atomic mass is 10.2. The predicted molar refractivity (Wildman–Crippen MR) is 104 cm³/mol. The van der Waals surface area contributed by atoms with E-state index in [9.17, 15) is 4.79 Å². The van der Waals surface area contributed by atoms with Gasteiger partial charge in [-0.15, -0.1) is 0 Å². The number of nitrogens with one attached hydrogen (secondary N) is 1. The molecule has 3 rings (SSSR count). The molecule has 1 aromatic heterocycles. The summed E-state index contributed by atoms with van der Waals surface area (Å²) in [5.74, 6) is 0.379. The molecule has 0 bridgehead atoms. The van der Waals surface area contributed by atoms with Crippen LogP contribution in [0, 0.1) is 6.92 Å². The fourth-order valence-electron chi connectivity index (χ4n) is 2.51. The molecular formula is C20H19ClN4O. The van der Waals surface area contributed by atoms with Crippen LogP contribution in [-0.4, -0.2) is 27.8 Å². The Morgan fingerprint density at radius 3 is 2.54 bits per heavy atom. The topological polar surface area (TPSA) is 58.1 Å². The van der Waals surface area contributed by atoms with Crippen LogP contribution in [-0.2, 0) is 6.54 Å². The van der Waals surface area contributed by atoms with E-state index in [0.717, 1.165) is 16.8 Å². The average molecular weight is 367 g/mol. The van der Waals surface area contributed by atoms with Gasteiger partial charge in [-0.05, 0) is 30.2 Å². The second kappa shape index (κ2) is 7.97. The fourth-order valence-corrected chi connectivity index (χ4v) is 2.68. The minimum atomic E-state index is -0.174. The van der Waals surface area contributed by atoms with Crippen molar-refractivity contribution in [3.63, 3.8) is 0 Å². The molecule has 0 fully saturated rings. The van der Waals surface area contributed by atoms with Gasteiger partial charge in [0.25, 0.3) is 5.91 Å². The Labute approximate surface area is 157 Å². The molecule has 1 N–H and O–H groups in total. The van der Waals surface area contributed by atoms with Gasteiger partial charge in [-0.2, -0.15) is 0 Å². The molecule has 26 heavy (non-hydrogen) atoms. The number of nitrogens with zero attached hydrogens (tertiary/aromatic N) is 3. The summed E-state index contributed by atoms with van der Waals surface area (Å²) < 4.78 is 0. The molecule has 1 heterocycles. The highest BCUT2D eigenvalue weighted by Crippen LogP contribution is 2.25. The van der Waals surface area contributed by atoms with Crippen LogP contribution in [0.25, 0.3) is 0 Å². The molecule has 0 aliphatic rings. The number of hydrogen-bond donors (Lipinski definition) is 1. The van der Waals surface area contributed by atoms with Crippen molar-refractivity contribution in [1.29, 1.82) is 0 Å². The van der Waals surface area contributed by atoms with E-state index in [4.69, 9.17) is 11.6 Å². The Balaban J connectivity index is 1.68. The molecule has 0 radical (unpaired) electrons. The number of carbonyl (C=O) groups excluding carboxylic acids is 1. The van der Waals surface area contributed by atoms with E-state index >= 15 is 0 Å². The second-order valence-electron chi connectivity index (χ2n) is 5.97. The van der Waals surface area contributed by atoms with E-state index in [0.29, 0.717) is 23.1 Å². The van der Waals surface area contributed by atoms with Gasteiger partial charge in [-0.1, -0.05) is 48.0 Å². The van der Waals surface area contributed by atoms with Crippen molar-refractivity contribution in [2.45, 2.75) is 13.5 Å². The van der Waals surface area contributed by atoms with Crippen molar-refractivity contribution in [1.82, 2.24) is 14.9 Å². The number of benzene rings is 2. The number of amides is 1. The number of halogens is 1. The van der Waals surface area contributed by atoms with Crippen LogP contribution < -0.4 is 5.32 Å². The summed E-state index contributed by atoms with van der Waals surface area (Å²) in [5.41, 5.74) is 3.15. The Morgan fingerprint density at radius 2 is 1.85 bits per heavy atom. The normalized spacial score (nSPS) is 10.4. The van der Waals surface area contributed by atoms with Crippen LogP contribution >= 0.6 is 11.6 Å². The molecule has 0 aliphatic carbocycles. The lowest BCUT2D eigenvalue weighted by Crippen LogP contribution is -2.27. The van der Waals surface area contributed by atoms with Crippen molar-refractivity contribution in [3.8, 4) is 0 Å². The zero-order valence-corrected chi connectivity index (χ0v) is 15.4. The van der Waals surface area contributed by atoms with Crippen molar-refractivity contribution in [3.05, 3.63) is 82.8 Å². The van der Waals surface area contributed by atoms with Crippen LogP contribution in [0.5, 0.6) is 0 Å². The van der Waals surface area contributed by atoms with Gasteiger partial charge in [-0.25, -0.2) is 9.97 Å². The standard InChI is InChI=1S/C20H19ClN4O/c1-14-16(21)9-6-10-17(14)24-19-12-22-18(11-23-19)20(26)25(2)13-15-7-4-3-5-8-15/h3-12H,13H2,1-2H3,(H,23,24). The zero-order chi connectivity index (χ0) is 18.5. The highest BCUT2D eigenvalue weighted by molar-refractivity contribution is 6.31. The maximum absolute atomic E-state index is 12.5. The maximum Gasteiger partial charge on any atom is 0.274 e. The molecule has 6 heteroatoms. The summed E-state index contributed by atoms with van der Waals surface area (Å²) in [5, 5.41) is 3.84. The molecule has 0 atom stereocenters. The van der Waals surface area contributed by atoms with Gasteiger partial charge < -0.3 is 10.2 Å². The van der Waals surface area contributed by atoms with Crippen LogP contribution in [0.3, 0.4) is 0 Å². The zero-order valence-electron chi connectivity index (χ0n) is 14.6. The lowest BCUT2D eigenvalue weighted by molar-refractivity contribution is 0.0779. The first kappa shape index (κ1) is 17.9. The summed E-state index contributed by atoms with van der Waals surface area (Å²) in [6.45, 7) is 2.44. The Bertz CT molecular complexity index is 897. The summed E-state index contributed by atoms with van der Waals surface area (Å²) in [4.78, 5) is 22.7. The molecule has 132 valence electrons. The van der Waals surface area contributed by atoms with Crippen molar-refractivity contribution >= 4 is 29.0 Å². The van der Waals surface area contributed by atoms with Gasteiger partial charge in [0.2, 0.25) is 0 Å². The minimum absolute atomic E-state index is 0.174. The van der Waals surface area contributed by atoms with Crippen molar-refractivity contribution < 1.29 is 4.79 Å². The molecule has 0 unspecified atom stereocenters. The fraction of sp³-hybridized carbons (Fsp3) is 0.150. The van der Waals surface area contributed by atoms with Gasteiger partial charge in [0.05, 0.1) is 12.4 Å². The molecular weight excluding hydrogens is 348 g/mol.